The van der Waals surface area contributed by atoms with Gasteiger partial charge in [0.25, 0.3) is 0 Å². The van der Waals surface area contributed by atoms with Crippen molar-refractivity contribution in [2.24, 2.45) is 0 Å². The van der Waals surface area contributed by atoms with Crippen LogP contribution in [0.2, 0.25) is 0 Å². The van der Waals surface area contributed by atoms with Gasteiger partial charge in [0.05, 0.1) is 11.1 Å². The molecular weight excluding hydrogens is 915 g/mol. The zero-order valence-electron chi connectivity index (χ0n) is 41.9. The Labute approximate surface area is 444 Å². The van der Waals surface area contributed by atoms with Crippen molar-refractivity contribution >= 4 is 38.6 Å². The summed E-state index contributed by atoms with van der Waals surface area (Å²) < 4.78 is 0. The molecular formula is C75H51N. The molecule has 0 fully saturated rings. The maximum absolute atomic E-state index is 2.55. The second-order valence-corrected chi connectivity index (χ2v) is 19.9. The summed E-state index contributed by atoms with van der Waals surface area (Å²) in [7, 11) is 0. The third-order valence-corrected chi connectivity index (χ3v) is 15.7. The van der Waals surface area contributed by atoms with Crippen molar-refractivity contribution in [3.8, 4) is 66.8 Å². The Kier molecular flexibility index (Phi) is 11.2. The van der Waals surface area contributed by atoms with Crippen molar-refractivity contribution in [2.75, 3.05) is 4.90 Å². The van der Waals surface area contributed by atoms with Crippen molar-refractivity contribution in [1.29, 1.82) is 0 Å². The Bertz CT molecular complexity index is 4140. The van der Waals surface area contributed by atoms with Crippen LogP contribution in [0.5, 0.6) is 0 Å². The topological polar surface area (TPSA) is 3.24 Å². The van der Waals surface area contributed by atoms with Crippen LogP contribution < -0.4 is 4.90 Å². The monoisotopic (exact) mass is 965 g/mol. The van der Waals surface area contributed by atoms with Gasteiger partial charge in [0, 0.05) is 22.3 Å². The van der Waals surface area contributed by atoms with E-state index in [2.05, 4.69) is 314 Å². The van der Waals surface area contributed by atoms with E-state index in [0.717, 1.165) is 28.2 Å². The first-order chi connectivity index (χ1) is 37.7. The summed E-state index contributed by atoms with van der Waals surface area (Å²) in [5.41, 5.74) is 22.0. The molecule has 1 heteroatoms. The summed E-state index contributed by atoms with van der Waals surface area (Å²) in [6, 6.07) is 114. The fraction of sp³-hybridized carbons (Fsp3) is 0.0133. The highest BCUT2D eigenvalue weighted by atomic mass is 15.1. The second-order valence-electron chi connectivity index (χ2n) is 19.9. The van der Waals surface area contributed by atoms with Crippen molar-refractivity contribution in [2.45, 2.75) is 5.41 Å². The molecule has 0 radical (unpaired) electrons. The molecule has 356 valence electrons. The molecule has 0 spiro atoms. The molecule has 0 atom stereocenters. The Morgan fingerprint density at radius 2 is 0.605 bits per heavy atom. The second kappa shape index (κ2) is 18.9. The highest BCUT2D eigenvalue weighted by Gasteiger charge is 2.46. The van der Waals surface area contributed by atoms with Gasteiger partial charge in [-0.2, -0.15) is 0 Å². The summed E-state index contributed by atoms with van der Waals surface area (Å²) in [6.07, 6.45) is 0. The predicted molar refractivity (Wildman–Crippen MR) is 321 cm³/mol. The number of hydrogen-bond acceptors (Lipinski definition) is 1. The lowest BCUT2D eigenvalue weighted by Crippen LogP contribution is -2.28. The van der Waals surface area contributed by atoms with Gasteiger partial charge in [0.2, 0.25) is 0 Å². The maximum Gasteiger partial charge on any atom is 0.0714 e. The van der Waals surface area contributed by atoms with Crippen LogP contribution in [0.15, 0.2) is 309 Å². The fourth-order valence-corrected chi connectivity index (χ4v) is 12.3. The molecule has 0 bridgehead atoms. The lowest BCUT2D eigenvalue weighted by molar-refractivity contribution is 0.768. The summed E-state index contributed by atoms with van der Waals surface area (Å²) in [6.45, 7) is 0. The number of rotatable bonds is 10. The normalized spacial score (nSPS) is 12.3. The fourth-order valence-electron chi connectivity index (χ4n) is 12.3. The first-order valence-corrected chi connectivity index (χ1v) is 26.3. The molecule has 0 aliphatic heterocycles. The highest BCUT2D eigenvalue weighted by Crippen LogP contribution is 2.57. The summed E-state index contributed by atoms with van der Waals surface area (Å²) in [4.78, 5) is 2.55. The molecule has 0 amide bonds. The third-order valence-electron chi connectivity index (χ3n) is 15.7. The largest absolute Gasteiger partial charge is 0.309 e. The third kappa shape index (κ3) is 7.55. The molecule has 76 heavy (non-hydrogen) atoms. The zero-order valence-corrected chi connectivity index (χ0v) is 41.9. The van der Waals surface area contributed by atoms with E-state index in [1.165, 1.54) is 99.4 Å². The SMILES string of the molecule is c1ccc(-c2ccc(-c3c(N(c4ccc(-c5cc(-c6ccccc6)cc(-c6ccccc6)c5)cc4)c4cccc(C5(c6ccccc6)c6ccccc6-c6ccccc65)c4)c4ccccc4c4ccccc34)cc2)cc1. The number of benzene rings is 13. The predicted octanol–water partition coefficient (Wildman–Crippen LogP) is 20.2. The lowest BCUT2D eigenvalue weighted by atomic mass is 9.67. The molecule has 13 aromatic carbocycles. The quantitative estimate of drug-likeness (QED) is 0.123. The molecule has 0 N–H and O–H groups in total. The van der Waals surface area contributed by atoms with Gasteiger partial charge in [-0.1, -0.05) is 267 Å². The van der Waals surface area contributed by atoms with Gasteiger partial charge < -0.3 is 4.90 Å². The van der Waals surface area contributed by atoms with Crippen molar-refractivity contribution in [3.05, 3.63) is 332 Å². The van der Waals surface area contributed by atoms with Gasteiger partial charge >= 0.3 is 0 Å². The molecule has 13 aromatic rings. The molecule has 0 unspecified atom stereocenters. The van der Waals surface area contributed by atoms with E-state index in [-0.39, 0.29) is 0 Å². The van der Waals surface area contributed by atoms with E-state index in [1.54, 1.807) is 0 Å². The van der Waals surface area contributed by atoms with Crippen LogP contribution in [0, 0.1) is 0 Å². The lowest BCUT2D eigenvalue weighted by Gasteiger charge is -2.36. The smallest absolute Gasteiger partial charge is 0.0714 e. The standard InChI is InChI=1S/C75H51N/c1-5-22-52(23-6-1)55-40-42-57(43-41-55)73-69-36-15-13-32-65(69)66-33-14-16-37-70(66)74(73)76(63-46-44-56(45-47-63)60-49-58(53-24-7-2-8-25-53)48-59(50-60)54-26-9-3-10-27-54)64-31-21-30-62(51-64)75(61-28-11-4-12-29-61)71-38-19-17-34-67(71)68-35-18-20-39-72(68)75/h1-51H. The first kappa shape index (κ1) is 44.8. The first-order valence-electron chi connectivity index (χ1n) is 26.3. The molecule has 1 aliphatic rings. The Balaban J connectivity index is 1.03. The number of fused-ring (bicyclic) bond motifs is 6. The molecule has 14 rings (SSSR count). The van der Waals surface area contributed by atoms with E-state index in [4.69, 9.17) is 0 Å². The number of anilines is 3. The van der Waals surface area contributed by atoms with Crippen LogP contribution in [-0.4, -0.2) is 0 Å². The van der Waals surface area contributed by atoms with Crippen LogP contribution in [0.3, 0.4) is 0 Å². The van der Waals surface area contributed by atoms with Crippen LogP contribution in [0.25, 0.3) is 88.3 Å². The molecule has 0 aromatic heterocycles. The molecule has 0 saturated carbocycles. The van der Waals surface area contributed by atoms with E-state index >= 15 is 0 Å². The zero-order chi connectivity index (χ0) is 50.4. The summed E-state index contributed by atoms with van der Waals surface area (Å²) >= 11 is 0. The maximum atomic E-state index is 2.55. The minimum atomic E-state index is -0.582. The van der Waals surface area contributed by atoms with E-state index in [9.17, 15) is 0 Å². The highest BCUT2D eigenvalue weighted by molar-refractivity contribution is 6.22. The number of nitrogens with zero attached hydrogens (tertiary/aromatic N) is 1. The molecule has 1 aliphatic carbocycles. The van der Waals surface area contributed by atoms with E-state index < -0.39 is 5.41 Å². The average Bonchev–Trinajstić information content (AvgIpc) is 3.89. The Morgan fingerprint density at radius 3 is 1.16 bits per heavy atom. The van der Waals surface area contributed by atoms with Crippen molar-refractivity contribution in [1.82, 2.24) is 0 Å². The Morgan fingerprint density at radius 1 is 0.224 bits per heavy atom. The summed E-state index contributed by atoms with van der Waals surface area (Å²) in [5, 5.41) is 4.81. The van der Waals surface area contributed by atoms with Crippen LogP contribution in [0.1, 0.15) is 22.3 Å². The van der Waals surface area contributed by atoms with Gasteiger partial charge in [0.15, 0.2) is 0 Å². The minimum Gasteiger partial charge on any atom is -0.309 e. The van der Waals surface area contributed by atoms with Crippen LogP contribution in [0.4, 0.5) is 17.1 Å². The van der Waals surface area contributed by atoms with Gasteiger partial charge in [-0.15, -0.1) is 0 Å². The molecule has 0 saturated heterocycles. The summed E-state index contributed by atoms with van der Waals surface area (Å²) in [5.74, 6) is 0. The average molecular weight is 966 g/mol. The van der Waals surface area contributed by atoms with Gasteiger partial charge in [-0.3, -0.25) is 0 Å². The van der Waals surface area contributed by atoms with Gasteiger partial charge in [0.1, 0.15) is 0 Å². The van der Waals surface area contributed by atoms with Crippen molar-refractivity contribution < 1.29 is 0 Å². The minimum absolute atomic E-state index is 0.582. The van der Waals surface area contributed by atoms with Gasteiger partial charge in [-0.25, -0.2) is 0 Å². The van der Waals surface area contributed by atoms with Crippen LogP contribution in [-0.2, 0) is 5.41 Å². The van der Waals surface area contributed by atoms with Crippen LogP contribution >= 0.6 is 0 Å². The van der Waals surface area contributed by atoms with E-state index in [1.807, 2.05) is 0 Å². The van der Waals surface area contributed by atoms with E-state index in [0.29, 0.717) is 0 Å². The molecule has 0 heterocycles. The van der Waals surface area contributed by atoms with Gasteiger partial charge in [-0.05, 0) is 142 Å². The number of hydrogen-bond donors (Lipinski definition) is 0. The Hall–Kier alpha value is -9.82. The van der Waals surface area contributed by atoms with Crippen molar-refractivity contribution in [3.63, 3.8) is 0 Å². The molecule has 1 nitrogen and oxygen atoms in total.